The summed E-state index contributed by atoms with van der Waals surface area (Å²) in [4.78, 5) is 0. The summed E-state index contributed by atoms with van der Waals surface area (Å²) < 4.78 is 0. The molecule has 2 nitrogen and oxygen atoms in total. The van der Waals surface area contributed by atoms with E-state index in [1.165, 1.54) is 18.9 Å². The second-order valence-corrected chi connectivity index (χ2v) is 2.34. The molecule has 0 aliphatic carbocycles. The standard InChI is InChI=1S/C8H16O2/c1-2-3-4-5-6-7-8(9)10/h6-10H,2-5H2,1H3/b7-6-. The van der Waals surface area contributed by atoms with Gasteiger partial charge in [-0.1, -0.05) is 25.8 Å². The van der Waals surface area contributed by atoms with Crippen LogP contribution in [-0.2, 0) is 0 Å². The van der Waals surface area contributed by atoms with Gasteiger partial charge in [0.1, 0.15) is 0 Å². The van der Waals surface area contributed by atoms with E-state index in [4.69, 9.17) is 10.2 Å². The number of hydrogen-bond acceptors (Lipinski definition) is 2. The molecule has 0 aliphatic rings. The monoisotopic (exact) mass is 144 g/mol. The van der Waals surface area contributed by atoms with Crippen LogP contribution in [0, 0.1) is 0 Å². The van der Waals surface area contributed by atoms with Crippen molar-refractivity contribution in [1.82, 2.24) is 0 Å². The van der Waals surface area contributed by atoms with Crippen LogP contribution < -0.4 is 0 Å². The van der Waals surface area contributed by atoms with Gasteiger partial charge in [0.15, 0.2) is 6.29 Å². The molecule has 0 aliphatic heterocycles. The van der Waals surface area contributed by atoms with Crippen LogP contribution in [-0.4, -0.2) is 16.5 Å². The van der Waals surface area contributed by atoms with Gasteiger partial charge in [-0.2, -0.15) is 0 Å². The molecule has 0 aromatic carbocycles. The Balaban J connectivity index is 3.02. The number of rotatable bonds is 5. The molecule has 60 valence electrons. The van der Waals surface area contributed by atoms with Crippen LogP contribution in [0.3, 0.4) is 0 Å². The summed E-state index contributed by atoms with van der Waals surface area (Å²) >= 11 is 0. The first-order valence-corrected chi connectivity index (χ1v) is 3.80. The number of aliphatic hydroxyl groups excluding tert-OH is 1. The first kappa shape index (κ1) is 9.66. The molecule has 0 saturated carbocycles. The lowest BCUT2D eigenvalue weighted by Gasteiger charge is -1.93. The van der Waals surface area contributed by atoms with Gasteiger partial charge in [-0.15, -0.1) is 0 Å². The Morgan fingerprint density at radius 3 is 2.50 bits per heavy atom. The van der Waals surface area contributed by atoms with Crippen molar-refractivity contribution in [2.24, 2.45) is 0 Å². The minimum Gasteiger partial charge on any atom is -0.365 e. The van der Waals surface area contributed by atoms with E-state index in [0.717, 1.165) is 12.8 Å². The summed E-state index contributed by atoms with van der Waals surface area (Å²) in [5, 5.41) is 16.8. The molecule has 0 radical (unpaired) electrons. The van der Waals surface area contributed by atoms with Crippen molar-refractivity contribution < 1.29 is 10.2 Å². The van der Waals surface area contributed by atoms with Gasteiger partial charge in [0.2, 0.25) is 0 Å². The Bertz CT molecular complexity index is 87.3. The molecule has 0 bridgehead atoms. The average molecular weight is 144 g/mol. The number of allylic oxidation sites excluding steroid dienone is 1. The number of hydrogen-bond donors (Lipinski definition) is 2. The smallest absolute Gasteiger partial charge is 0.171 e. The van der Waals surface area contributed by atoms with Crippen molar-refractivity contribution in [1.29, 1.82) is 0 Å². The molecule has 2 N–H and O–H groups in total. The zero-order valence-corrected chi connectivity index (χ0v) is 6.45. The highest BCUT2D eigenvalue weighted by Crippen LogP contribution is 1.99. The third-order valence-electron chi connectivity index (χ3n) is 1.28. The molecular formula is C8H16O2. The summed E-state index contributed by atoms with van der Waals surface area (Å²) in [5.74, 6) is 0. The molecular weight excluding hydrogens is 128 g/mol. The van der Waals surface area contributed by atoms with Crippen LogP contribution in [0.25, 0.3) is 0 Å². The van der Waals surface area contributed by atoms with Crippen LogP contribution in [0.5, 0.6) is 0 Å². The topological polar surface area (TPSA) is 40.5 Å². The van der Waals surface area contributed by atoms with Gasteiger partial charge >= 0.3 is 0 Å². The van der Waals surface area contributed by atoms with Gasteiger partial charge in [0.25, 0.3) is 0 Å². The van der Waals surface area contributed by atoms with Crippen LogP contribution >= 0.6 is 0 Å². The maximum absolute atomic E-state index is 8.38. The minimum atomic E-state index is -1.28. The molecule has 0 fully saturated rings. The summed E-state index contributed by atoms with van der Waals surface area (Å²) in [6.07, 6.45) is 6.43. The largest absolute Gasteiger partial charge is 0.365 e. The van der Waals surface area contributed by atoms with Crippen LogP contribution in [0.2, 0.25) is 0 Å². The van der Waals surface area contributed by atoms with Crippen molar-refractivity contribution in [2.75, 3.05) is 0 Å². The fourth-order valence-corrected chi connectivity index (χ4v) is 0.730. The molecule has 0 unspecified atom stereocenters. The molecule has 0 spiro atoms. The Morgan fingerprint density at radius 2 is 2.00 bits per heavy atom. The SMILES string of the molecule is CCCCC/C=C\C(O)O. The van der Waals surface area contributed by atoms with Crippen molar-refractivity contribution in [2.45, 2.75) is 38.9 Å². The van der Waals surface area contributed by atoms with E-state index >= 15 is 0 Å². The second-order valence-electron chi connectivity index (χ2n) is 2.34. The third kappa shape index (κ3) is 7.66. The van der Waals surface area contributed by atoms with E-state index in [0.29, 0.717) is 0 Å². The molecule has 0 saturated heterocycles. The van der Waals surface area contributed by atoms with E-state index < -0.39 is 6.29 Å². The van der Waals surface area contributed by atoms with E-state index in [1.54, 1.807) is 6.08 Å². The maximum atomic E-state index is 8.38. The molecule has 10 heavy (non-hydrogen) atoms. The predicted molar refractivity (Wildman–Crippen MR) is 41.5 cm³/mol. The lowest BCUT2D eigenvalue weighted by molar-refractivity contribution is 0.00216. The van der Waals surface area contributed by atoms with Gasteiger partial charge in [0.05, 0.1) is 0 Å². The van der Waals surface area contributed by atoms with Crippen LogP contribution in [0.1, 0.15) is 32.6 Å². The van der Waals surface area contributed by atoms with Gasteiger partial charge in [-0.05, 0) is 18.9 Å². The average Bonchev–Trinajstić information content (AvgIpc) is 1.87. The highest BCUT2D eigenvalue weighted by molar-refractivity contribution is 4.82. The fraction of sp³-hybridized carbons (Fsp3) is 0.750. The summed E-state index contributed by atoms with van der Waals surface area (Å²) in [7, 11) is 0. The fourth-order valence-electron chi connectivity index (χ4n) is 0.730. The summed E-state index contributed by atoms with van der Waals surface area (Å²) in [5.41, 5.74) is 0. The quantitative estimate of drug-likeness (QED) is 0.348. The van der Waals surface area contributed by atoms with Crippen LogP contribution in [0.15, 0.2) is 12.2 Å². The van der Waals surface area contributed by atoms with Gasteiger partial charge < -0.3 is 10.2 Å². The van der Waals surface area contributed by atoms with Crippen molar-refractivity contribution in [3.8, 4) is 0 Å². The molecule has 0 aromatic rings. The zero-order chi connectivity index (χ0) is 7.82. The van der Waals surface area contributed by atoms with Gasteiger partial charge in [0, 0.05) is 0 Å². The molecule has 0 rings (SSSR count). The molecule has 2 heteroatoms. The van der Waals surface area contributed by atoms with Crippen molar-refractivity contribution >= 4 is 0 Å². The van der Waals surface area contributed by atoms with E-state index in [1.807, 2.05) is 0 Å². The first-order chi connectivity index (χ1) is 4.77. The maximum Gasteiger partial charge on any atom is 0.171 e. The normalized spacial score (nSPS) is 11.6. The summed E-state index contributed by atoms with van der Waals surface area (Å²) in [6.45, 7) is 2.14. The number of unbranched alkanes of at least 4 members (excludes halogenated alkanes) is 3. The number of aliphatic hydroxyl groups is 2. The lowest BCUT2D eigenvalue weighted by atomic mass is 10.2. The Morgan fingerprint density at radius 1 is 1.30 bits per heavy atom. The third-order valence-corrected chi connectivity index (χ3v) is 1.28. The lowest BCUT2D eigenvalue weighted by Crippen LogP contribution is -1.96. The van der Waals surface area contributed by atoms with Crippen molar-refractivity contribution in [3.63, 3.8) is 0 Å². The van der Waals surface area contributed by atoms with E-state index in [9.17, 15) is 0 Å². The highest BCUT2D eigenvalue weighted by atomic mass is 16.5. The molecule has 0 atom stereocenters. The van der Waals surface area contributed by atoms with Gasteiger partial charge in [-0.25, -0.2) is 0 Å². The van der Waals surface area contributed by atoms with E-state index in [2.05, 4.69) is 6.92 Å². The second kappa shape index (κ2) is 6.78. The molecule has 0 heterocycles. The minimum absolute atomic E-state index is 0.950. The van der Waals surface area contributed by atoms with Crippen LogP contribution in [0.4, 0.5) is 0 Å². The molecule has 0 amide bonds. The zero-order valence-electron chi connectivity index (χ0n) is 6.45. The Kier molecular flexibility index (Phi) is 6.55. The Hall–Kier alpha value is -0.340. The Labute approximate surface area is 62.2 Å². The first-order valence-electron chi connectivity index (χ1n) is 3.80. The predicted octanol–water partition coefficient (Wildman–Crippen LogP) is 1.43. The van der Waals surface area contributed by atoms with Gasteiger partial charge in [-0.3, -0.25) is 0 Å². The summed E-state index contributed by atoms with van der Waals surface area (Å²) in [6, 6.07) is 0. The highest BCUT2D eigenvalue weighted by Gasteiger charge is 1.85. The van der Waals surface area contributed by atoms with Crippen molar-refractivity contribution in [3.05, 3.63) is 12.2 Å². The van der Waals surface area contributed by atoms with E-state index in [-0.39, 0.29) is 0 Å². The molecule has 0 aromatic heterocycles.